The minimum absolute atomic E-state index is 0.0154. The second-order valence-corrected chi connectivity index (χ2v) is 8.86. The molecule has 23 heavy (non-hydrogen) atoms. The normalized spacial score (nSPS) is 18.7. The van der Waals surface area contributed by atoms with Crippen molar-refractivity contribution in [1.29, 1.82) is 0 Å². The van der Waals surface area contributed by atoms with E-state index in [-0.39, 0.29) is 17.7 Å². The van der Waals surface area contributed by atoms with E-state index < -0.39 is 10.0 Å². The number of carbonyl (C=O) groups excluding carboxylic acids is 1. The smallest absolute Gasteiger partial charge is 0.252 e. The van der Waals surface area contributed by atoms with Gasteiger partial charge >= 0.3 is 0 Å². The van der Waals surface area contributed by atoms with E-state index in [1.807, 2.05) is 6.92 Å². The lowest BCUT2D eigenvalue weighted by Gasteiger charge is -2.33. The fraction of sp³-hybridized carbons (Fsp3) is 0.667. The predicted molar refractivity (Wildman–Crippen MR) is 89.9 cm³/mol. The van der Waals surface area contributed by atoms with Crippen molar-refractivity contribution in [2.75, 3.05) is 33.4 Å². The fourth-order valence-corrected chi connectivity index (χ4v) is 5.42. The summed E-state index contributed by atoms with van der Waals surface area (Å²) in [6.07, 6.45) is 1.42. The van der Waals surface area contributed by atoms with Crippen molar-refractivity contribution in [3.8, 4) is 0 Å². The molecule has 6 nitrogen and oxygen atoms in total. The maximum absolute atomic E-state index is 12.5. The summed E-state index contributed by atoms with van der Waals surface area (Å²) in [5, 5.41) is 4.62. The molecule has 1 saturated heterocycles. The molecule has 1 unspecified atom stereocenters. The van der Waals surface area contributed by atoms with Crippen LogP contribution >= 0.6 is 11.3 Å². The number of amides is 1. The Labute approximate surface area is 141 Å². The zero-order chi connectivity index (χ0) is 16.9. The van der Waals surface area contributed by atoms with Crippen molar-refractivity contribution in [1.82, 2.24) is 9.62 Å². The lowest BCUT2D eigenvalue weighted by molar-refractivity contribution is -0.126. The maximum Gasteiger partial charge on any atom is 0.252 e. The molecule has 8 heteroatoms. The van der Waals surface area contributed by atoms with E-state index in [9.17, 15) is 13.2 Å². The molecule has 0 spiro atoms. The summed E-state index contributed by atoms with van der Waals surface area (Å²) in [5.41, 5.74) is 0. The third-order valence-corrected chi connectivity index (χ3v) is 7.59. The third kappa shape index (κ3) is 4.53. The summed E-state index contributed by atoms with van der Waals surface area (Å²) in [6, 6.07) is 3.38. The molecular weight excluding hydrogens is 336 g/mol. The van der Waals surface area contributed by atoms with Crippen LogP contribution in [0.3, 0.4) is 0 Å². The number of hydrogen-bond donors (Lipinski definition) is 1. The molecule has 2 rings (SSSR count). The molecule has 1 aliphatic rings. The summed E-state index contributed by atoms with van der Waals surface area (Å²) in [6.45, 7) is 3.86. The van der Waals surface area contributed by atoms with Crippen LogP contribution in [0.1, 0.15) is 19.8 Å². The average Bonchev–Trinajstić information content (AvgIpc) is 3.09. The van der Waals surface area contributed by atoms with Crippen LogP contribution in [-0.4, -0.2) is 52.0 Å². The van der Waals surface area contributed by atoms with E-state index in [0.29, 0.717) is 43.3 Å². The van der Waals surface area contributed by atoms with Crippen LogP contribution in [0.2, 0.25) is 0 Å². The Kier molecular flexibility index (Phi) is 6.58. The topological polar surface area (TPSA) is 75.7 Å². The van der Waals surface area contributed by atoms with Crippen molar-refractivity contribution in [2.45, 2.75) is 24.0 Å². The van der Waals surface area contributed by atoms with E-state index in [1.165, 1.54) is 15.6 Å². The summed E-state index contributed by atoms with van der Waals surface area (Å²) < 4.78 is 31.8. The first-order valence-corrected chi connectivity index (χ1v) is 10.1. The van der Waals surface area contributed by atoms with Crippen LogP contribution in [0.4, 0.5) is 0 Å². The Hall–Kier alpha value is -0.960. The zero-order valence-corrected chi connectivity index (χ0v) is 15.2. The van der Waals surface area contributed by atoms with Crippen molar-refractivity contribution < 1.29 is 17.9 Å². The number of methoxy groups -OCH3 is 1. The average molecular weight is 361 g/mol. The number of carbonyl (C=O) groups is 1. The Balaban J connectivity index is 1.87. The molecule has 1 aliphatic heterocycles. The highest BCUT2D eigenvalue weighted by Gasteiger charge is 2.33. The molecular formula is C15H24N2O4S2. The standard InChI is InChI=1S/C15H24N2O4S2/c1-12(15(18)16-7-10-21-2)13-5-8-17(9-6-13)23(19,20)14-4-3-11-22-14/h3-4,11-13H,5-10H2,1-2H3,(H,16,18). The van der Waals surface area contributed by atoms with Gasteiger partial charge in [-0.25, -0.2) is 8.42 Å². The molecule has 0 bridgehead atoms. The van der Waals surface area contributed by atoms with Gasteiger partial charge in [-0.1, -0.05) is 13.0 Å². The van der Waals surface area contributed by atoms with Gasteiger partial charge in [0.2, 0.25) is 5.91 Å². The van der Waals surface area contributed by atoms with Crippen molar-refractivity contribution in [3.63, 3.8) is 0 Å². The fourth-order valence-electron chi connectivity index (χ4n) is 2.80. The number of nitrogens with one attached hydrogen (secondary N) is 1. The molecule has 1 atom stereocenters. The number of hydrogen-bond acceptors (Lipinski definition) is 5. The Morgan fingerprint density at radius 2 is 2.17 bits per heavy atom. The van der Waals surface area contributed by atoms with Gasteiger partial charge in [0.1, 0.15) is 4.21 Å². The van der Waals surface area contributed by atoms with Gasteiger partial charge in [-0.05, 0) is 30.2 Å². The molecule has 1 aromatic heterocycles. The van der Waals surface area contributed by atoms with E-state index in [4.69, 9.17) is 4.74 Å². The van der Waals surface area contributed by atoms with E-state index >= 15 is 0 Å². The van der Waals surface area contributed by atoms with Gasteiger partial charge < -0.3 is 10.1 Å². The van der Waals surface area contributed by atoms with E-state index in [0.717, 1.165) is 0 Å². The van der Waals surface area contributed by atoms with Crippen molar-refractivity contribution in [2.24, 2.45) is 11.8 Å². The Morgan fingerprint density at radius 3 is 2.74 bits per heavy atom. The molecule has 0 saturated carbocycles. The first-order chi connectivity index (χ1) is 11.0. The molecule has 0 radical (unpaired) electrons. The SMILES string of the molecule is COCCNC(=O)C(C)C1CCN(S(=O)(=O)c2cccs2)CC1. The number of nitrogens with zero attached hydrogens (tertiary/aromatic N) is 1. The number of piperidine rings is 1. The summed E-state index contributed by atoms with van der Waals surface area (Å²) in [4.78, 5) is 12.1. The van der Waals surface area contributed by atoms with Gasteiger partial charge in [-0.15, -0.1) is 11.3 Å². The molecule has 0 aliphatic carbocycles. The zero-order valence-electron chi connectivity index (χ0n) is 13.5. The first kappa shape index (κ1) is 18.4. The predicted octanol–water partition coefficient (Wildman–Crippen LogP) is 1.55. The minimum Gasteiger partial charge on any atom is -0.383 e. The first-order valence-electron chi connectivity index (χ1n) is 7.77. The van der Waals surface area contributed by atoms with Crippen LogP contribution in [-0.2, 0) is 19.6 Å². The van der Waals surface area contributed by atoms with Crippen LogP contribution in [0.15, 0.2) is 21.7 Å². The number of sulfonamides is 1. The molecule has 1 aromatic rings. The monoisotopic (exact) mass is 360 g/mol. The number of ether oxygens (including phenoxy) is 1. The van der Waals surface area contributed by atoms with Crippen molar-refractivity contribution >= 4 is 27.3 Å². The highest BCUT2D eigenvalue weighted by molar-refractivity contribution is 7.91. The highest BCUT2D eigenvalue weighted by Crippen LogP contribution is 2.29. The third-order valence-electron chi connectivity index (χ3n) is 4.31. The minimum atomic E-state index is -3.37. The number of thiophene rings is 1. The summed E-state index contributed by atoms with van der Waals surface area (Å²) in [5.74, 6) is 0.118. The van der Waals surface area contributed by atoms with E-state index in [1.54, 1.807) is 24.6 Å². The van der Waals surface area contributed by atoms with Crippen LogP contribution in [0.25, 0.3) is 0 Å². The van der Waals surface area contributed by atoms with Gasteiger partial charge in [-0.3, -0.25) is 4.79 Å². The van der Waals surface area contributed by atoms with Crippen LogP contribution in [0.5, 0.6) is 0 Å². The second kappa shape index (κ2) is 8.23. The molecule has 130 valence electrons. The number of rotatable bonds is 7. The van der Waals surface area contributed by atoms with Crippen LogP contribution in [0, 0.1) is 11.8 Å². The summed E-state index contributed by atoms with van der Waals surface area (Å²) >= 11 is 1.24. The second-order valence-electron chi connectivity index (χ2n) is 5.75. The molecule has 2 heterocycles. The molecule has 1 fully saturated rings. The lowest BCUT2D eigenvalue weighted by Crippen LogP contribution is -2.42. The summed E-state index contributed by atoms with van der Waals surface area (Å²) in [7, 11) is -1.77. The van der Waals surface area contributed by atoms with E-state index in [2.05, 4.69) is 5.32 Å². The molecule has 0 aromatic carbocycles. The van der Waals surface area contributed by atoms with Crippen molar-refractivity contribution in [3.05, 3.63) is 17.5 Å². The van der Waals surface area contributed by atoms with Gasteiger partial charge in [0.15, 0.2) is 0 Å². The van der Waals surface area contributed by atoms with Gasteiger partial charge in [0.25, 0.3) is 10.0 Å². The van der Waals surface area contributed by atoms with Gasteiger partial charge in [-0.2, -0.15) is 4.31 Å². The Morgan fingerprint density at radius 1 is 1.48 bits per heavy atom. The quantitative estimate of drug-likeness (QED) is 0.749. The highest BCUT2D eigenvalue weighted by atomic mass is 32.2. The lowest BCUT2D eigenvalue weighted by atomic mass is 9.85. The van der Waals surface area contributed by atoms with Crippen LogP contribution < -0.4 is 5.32 Å². The van der Waals surface area contributed by atoms with Gasteiger partial charge in [0.05, 0.1) is 6.61 Å². The Bertz CT molecular complexity index is 593. The molecule has 1 amide bonds. The van der Waals surface area contributed by atoms with Gasteiger partial charge in [0, 0.05) is 32.7 Å². The maximum atomic E-state index is 12.5. The molecule has 1 N–H and O–H groups in total. The largest absolute Gasteiger partial charge is 0.383 e.